The number of allylic oxidation sites excluding steroid dienone is 1. The highest BCUT2D eigenvalue weighted by Gasteiger charge is 2.39. The van der Waals surface area contributed by atoms with Gasteiger partial charge in [-0.3, -0.25) is 9.69 Å². The summed E-state index contributed by atoms with van der Waals surface area (Å²) in [6.45, 7) is 1.49. The van der Waals surface area contributed by atoms with Crippen LogP contribution >= 0.6 is 15.9 Å². The van der Waals surface area contributed by atoms with Gasteiger partial charge in [-0.15, -0.1) is 0 Å². The van der Waals surface area contributed by atoms with Gasteiger partial charge in [0.15, 0.2) is 0 Å². The maximum absolute atomic E-state index is 13.1. The summed E-state index contributed by atoms with van der Waals surface area (Å²) in [5.41, 5.74) is 0.0385. The van der Waals surface area contributed by atoms with Crippen LogP contribution in [-0.2, 0) is 20.5 Å². The van der Waals surface area contributed by atoms with Crippen molar-refractivity contribution in [1.82, 2.24) is 0 Å². The molecule has 0 unspecified atom stereocenters. The minimum Gasteiger partial charge on any atom is -0.465 e. The molecule has 1 aliphatic heterocycles. The van der Waals surface area contributed by atoms with Crippen molar-refractivity contribution >= 4 is 39.6 Å². The highest BCUT2D eigenvalue weighted by Crippen LogP contribution is 2.38. The fourth-order valence-electron chi connectivity index (χ4n) is 3.04. The lowest BCUT2D eigenvalue weighted by molar-refractivity contribution is -0.137. The van der Waals surface area contributed by atoms with Crippen LogP contribution in [0.1, 0.15) is 18.1 Å². The molecule has 4 nitrogen and oxygen atoms in total. The molecule has 2 aromatic carbocycles. The van der Waals surface area contributed by atoms with Gasteiger partial charge in [-0.25, -0.2) is 4.79 Å². The smallest absolute Gasteiger partial charge is 0.416 e. The Kier molecular flexibility index (Phi) is 5.66. The molecule has 0 atom stereocenters. The summed E-state index contributed by atoms with van der Waals surface area (Å²) in [6.07, 6.45) is -3.05. The number of hydrogen-bond donors (Lipinski definition) is 0. The van der Waals surface area contributed by atoms with Crippen LogP contribution < -0.4 is 4.90 Å². The van der Waals surface area contributed by atoms with Crippen LogP contribution in [0.25, 0.3) is 6.08 Å². The van der Waals surface area contributed by atoms with Gasteiger partial charge in [-0.1, -0.05) is 34.1 Å². The van der Waals surface area contributed by atoms with Gasteiger partial charge in [0.2, 0.25) is 0 Å². The predicted octanol–water partition coefficient (Wildman–Crippen LogP) is 5.35. The van der Waals surface area contributed by atoms with Crippen molar-refractivity contribution in [2.24, 2.45) is 0 Å². The predicted molar refractivity (Wildman–Crippen MR) is 106 cm³/mol. The minimum atomic E-state index is -4.56. The van der Waals surface area contributed by atoms with Crippen molar-refractivity contribution in [2.45, 2.75) is 13.1 Å². The van der Waals surface area contributed by atoms with Crippen molar-refractivity contribution in [3.63, 3.8) is 0 Å². The number of hydrogen-bond acceptors (Lipinski definition) is 3. The number of benzene rings is 2. The third kappa shape index (κ3) is 4.12. The molecule has 1 heterocycles. The monoisotopic (exact) mass is 465 g/mol. The average molecular weight is 466 g/mol. The number of ether oxygens (including phenoxy) is 1. The lowest BCUT2D eigenvalue weighted by atomic mass is 10.0. The van der Waals surface area contributed by atoms with E-state index in [-0.39, 0.29) is 22.5 Å². The number of methoxy groups -OCH3 is 1. The average Bonchev–Trinajstić information content (AvgIpc) is 2.92. The number of carbonyl (C=O) groups is 2. The molecule has 29 heavy (non-hydrogen) atoms. The summed E-state index contributed by atoms with van der Waals surface area (Å²) in [5.74, 6) is -1.35. The van der Waals surface area contributed by atoms with E-state index in [0.717, 1.165) is 21.5 Å². The van der Waals surface area contributed by atoms with E-state index in [1.807, 2.05) is 0 Å². The van der Waals surface area contributed by atoms with Gasteiger partial charge in [0.1, 0.15) is 0 Å². The van der Waals surface area contributed by atoms with Gasteiger partial charge >= 0.3 is 12.1 Å². The molecular weight excluding hydrogens is 451 g/mol. The van der Waals surface area contributed by atoms with Crippen LogP contribution in [0.3, 0.4) is 0 Å². The Bertz CT molecular complexity index is 1040. The normalized spacial score (nSPS) is 16.0. The summed E-state index contributed by atoms with van der Waals surface area (Å²) in [4.78, 5) is 26.5. The number of alkyl halides is 3. The second kappa shape index (κ2) is 7.87. The van der Waals surface area contributed by atoms with Gasteiger partial charge in [-0.2, -0.15) is 13.2 Å². The lowest BCUT2D eigenvalue weighted by Gasteiger charge is -2.19. The van der Waals surface area contributed by atoms with Gasteiger partial charge < -0.3 is 4.74 Å². The molecule has 0 aromatic heterocycles. The number of carbonyl (C=O) groups excluding carboxylic acids is 2. The largest absolute Gasteiger partial charge is 0.465 e. The van der Waals surface area contributed by atoms with Crippen LogP contribution in [0.5, 0.6) is 0 Å². The maximum Gasteiger partial charge on any atom is 0.416 e. The summed E-state index contributed by atoms with van der Waals surface area (Å²) in [7, 11) is 1.18. The van der Waals surface area contributed by atoms with Gasteiger partial charge in [-0.05, 0) is 48.9 Å². The van der Waals surface area contributed by atoms with E-state index in [0.29, 0.717) is 5.56 Å². The molecule has 0 spiro atoms. The second-order valence-corrected chi connectivity index (χ2v) is 7.17. The Morgan fingerprint density at radius 1 is 1.14 bits per heavy atom. The second-order valence-electron chi connectivity index (χ2n) is 6.25. The molecule has 0 bridgehead atoms. The van der Waals surface area contributed by atoms with E-state index in [4.69, 9.17) is 4.74 Å². The number of rotatable bonds is 3. The van der Waals surface area contributed by atoms with Crippen molar-refractivity contribution in [3.05, 3.63) is 81.0 Å². The topological polar surface area (TPSA) is 46.6 Å². The van der Waals surface area contributed by atoms with Crippen molar-refractivity contribution in [2.75, 3.05) is 12.0 Å². The highest BCUT2D eigenvalue weighted by molar-refractivity contribution is 9.10. The summed E-state index contributed by atoms with van der Waals surface area (Å²) >= 11 is 3.32. The number of nitrogens with zero attached hydrogens (tertiary/aromatic N) is 1. The fourth-order valence-corrected chi connectivity index (χ4v) is 3.30. The van der Waals surface area contributed by atoms with Crippen LogP contribution in [0.2, 0.25) is 0 Å². The number of amides is 1. The first-order chi connectivity index (χ1) is 13.6. The van der Waals surface area contributed by atoms with E-state index in [1.165, 1.54) is 32.2 Å². The van der Waals surface area contributed by atoms with Crippen molar-refractivity contribution < 1.29 is 27.5 Å². The Hall–Kier alpha value is -2.87. The molecule has 3 rings (SSSR count). The van der Waals surface area contributed by atoms with Crippen molar-refractivity contribution in [1.29, 1.82) is 0 Å². The molecule has 8 heteroatoms. The molecule has 0 saturated carbocycles. The zero-order valence-corrected chi connectivity index (χ0v) is 17.0. The molecule has 150 valence electrons. The molecule has 0 radical (unpaired) electrons. The molecule has 1 aliphatic rings. The summed E-state index contributed by atoms with van der Waals surface area (Å²) < 4.78 is 44.9. The highest BCUT2D eigenvalue weighted by atomic mass is 79.9. The third-order valence-electron chi connectivity index (χ3n) is 4.40. The van der Waals surface area contributed by atoms with Gasteiger partial charge in [0.25, 0.3) is 5.91 Å². The molecule has 0 aliphatic carbocycles. The van der Waals surface area contributed by atoms with Crippen LogP contribution in [0.4, 0.5) is 18.9 Å². The van der Waals surface area contributed by atoms with Crippen LogP contribution in [-0.4, -0.2) is 19.0 Å². The quantitative estimate of drug-likeness (QED) is 0.453. The zero-order valence-electron chi connectivity index (χ0n) is 15.4. The standard InChI is InChI=1S/C21H15BrF3NO3/c1-12-18(20(28)29-2)17(10-13-6-8-15(22)9-7-13)19(27)26(12)16-5-3-4-14(11-16)21(23,24)25/h3-11H,1-2H3/b17-10-. The number of halogens is 4. The van der Waals surface area contributed by atoms with Gasteiger partial charge in [0.05, 0.1) is 23.8 Å². The molecule has 0 N–H and O–H groups in total. The molecule has 1 amide bonds. The van der Waals surface area contributed by atoms with E-state index in [2.05, 4.69) is 15.9 Å². The Balaban J connectivity index is 2.13. The first-order valence-corrected chi connectivity index (χ1v) is 9.21. The zero-order chi connectivity index (χ0) is 21.3. The van der Waals surface area contributed by atoms with E-state index in [1.54, 1.807) is 24.3 Å². The molecule has 0 fully saturated rings. The Morgan fingerprint density at radius 3 is 2.38 bits per heavy atom. The van der Waals surface area contributed by atoms with Crippen LogP contribution in [0, 0.1) is 0 Å². The fraction of sp³-hybridized carbons (Fsp3) is 0.143. The van der Waals surface area contributed by atoms with Crippen molar-refractivity contribution in [3.8, 4) is 0 Å². The third-order valence-corrected chi connectivity index (χ3v) is 4.93. The van der Waals surface area contributed by atoms with Crippen LogP contribution in [0.15, 0.2) is 69.8 Å². The maximum atomic E-state index is 13.1. The first kappa shape index (κ1) is 20.9. The first-order valence-electron chi connectivity index (χ1n) is 8.42. The van der Waals surface area contributed by atoms with E-state index >= 15 is 0 Å². The number of esters is 1. The van der Waals surface area contributed by atoms with E-state index in [9.17, 15) is 22.8 Å². The molecule has 0 saturated heterocycles. The Labute approximate surface area is 173 Å². The summed E-state index contributed by atoms with van der Waals surface area (Å²) in [6, 6.07) is 11.4. The van der Waals surface area contributed by atoms with Gasteiger partial charge in [0, 0.05) is 15.9 Å². The molecule has 2 aromatic rings. The minimum absolute atomic E-state index is 0.0119. The summed E-state index contributed by atoms with van der Waals surface area (Å²) in [5, 5.41) is 0. The number of anilines is 1. The lowest BCUT2D eigenvalue weighted by Crippen LogP contribution is -2.24. The Morgan fingerprint density at radius 2 is 1.79 bits per heavy atom. The van der Waals surface area contributed by atoms with E-state index < -0.39 is 23.6 Å². The SMILES string of the molecule is COC(=O)C1=C(C)N(c2cccc(C(F)(F)F)c2)C(=O)/C1=C\c1ccc(Br)cc1. The molecular formula is C21H15BrF3NO3.